The number of aliphatic carboxylic acids is 1. The smallest absolute Gasteiger partial charge is 0.324 e. The van der Waals surface area contributed by atoms with Crippen molar-refractivity contribution in [1.82, 2.24) is 5.32 Å². The summed E-state index contributed by atoms with van der Waals surface area (Å²) in [6.07, 6.45) is 0. The molecule has 0 aromatic heterocycles. The number of nitrogens with zero attached hydrogens (tertiary/aromatic N) is 1. The van der Waals surface area contributed by atoms with Crippen molar-refractivity contribution in [1.29, 1.82) is 0 Å². The van der Waals surface area contributed by atoms with Crippen LogP contribution < -0.4 is 19.7 Å². The highest BCUT2D eigenvalue weighted by Crippen LogP contribution is 2.51. The predicted octanol–water partition coefficient (Wildman–Crippen LogP) is 1.70. The third-order valence-corrected chi connectivity index (χ3v) is 6.15. The second-order valence-corrected chi connectivity index (χ2v) is 7.74. The number of hydrogen-bond donors (Lipinski definition) is 3. The minimum Gasteiger partial charge on any atom is -0.504 e. The van der Waals surface area contributed by atoms with Gasteiger partial charge in [0.05, 0.1) is 31.7 Å². The van der Waals surface area contributed by atoms with E-state index >= 15 is 0 Å². The lowest BCUT2D eigenvalue weighted by atomic mass is 9.80. The maximum absolute atomic E-state index is 13.4. The molecule has 2 fully saturated rings. The van der Waals surface area contributed by atoms with E-state index in [9.17, 15) is 24.6 Å². The quantitative estimate of drug-likeness (QED) is 0.617. The summed E-state index contributed by atoms with van der Waals surface area (Å²) < 4.78 is 10.3. The number of imide groups is 1. The predicted molar refractivity (Wildman–Crippen MR) is 109 cm³/mol. The number of methoxy groups -OCH3 is 2. The van der Waals surface area contributed by atoms with Crippen LogP contribution in [0.3, 0.4) is 0 Å². The van der Waals surface area contributed by atoms with Crippen molar-refractivity contribution >= 4 is 23.5 Å². The van der Waals surface area contributed by atoms with Crippen LogP contribution >= 0.6 is 0 Å². The molecule has 2 amide bonds. The Hall–Kier alpha value is -3.59. The van der Waals surface area contributed by atoms with Crippen LogP contribution in [0.15, 0.2) is 42.5 Å². The van der Waals surface area contributed by atoms with Gasteiger partial charge in [-0.05, 0) is 37.3 Å². The number of phenolic OH excluding ortho intramolecular Hbond substituents is 1. The second-order valence-electron chi connectivity index (χ2n) is 7.74. The number of rotatable bonds is 5. The minimum absolute atomic E-state index is 0.184. The number of aromatic hydroxyl groups is 1. The number of hydrogen-bond acceptors (Lipinski definition) is 7. The maximum atomic E-state index is 13.4. The van der Waals surface area contributed by atoms with Gasteiger partial charge in [-0.15, -0.1) is 0 Å². The Labute approximate surface area is 178 Å². The number of benzene rings is 2. The van der Waals surface area contributed by atoms with Crippen molar-refractivity contribution in [2.24, 2.45) is 11.8 Å². The highest BCUT2D eigenvalue weighted by atomic mass is 16.5. The molecule has 2 aromatic carbocycles. The van der Waals surface area contributed by atoms with Crippen LogP contribution in [0.5, 0.6) is 17.2 Å². The van der Waals surface area contributed by atoms with Gasteiger partial charge in [0, 0.05) is 11.6 Å². The van der Waals surface area contributed by atoms with E-state index in [1.165, 1.54) is 21.1 Å². The summed E-state index contributed by atoms with van der Waals surface area (Å²) in [7, 11) is 2.89. The number of para-hydroxylation sites is 1. The Bertz CT molecular complexity index is 1070. The van der Waals surface area contributed by atoms with Gasteiger partial charge < -0.3 is 19.7 Å². The summed E-state index contributed by atoms with van der Waals surface area (Å²) in [6.45, 7) is 1.38. The van der Waals surface area contributed by atoms with Crippen LogP contribution in [0, 0.1) is 11.8 Å². The lowest BCUT2D eigenvalue weighted by Crippen LogP contribution is -2.53. The zero-order valence-corrected chi connectivity index (χ0v) is 17.2. The average Bonchev–Trinajstić information content (AvgIpc) is 3.22. The normalized spacial score (nSPS) is 27.3. The summed E-state index contributed by atoms with van der Waals surface area (Å²) in [5, 5.41) is 23.5. The molecule has 0 radical (unpaired) electrons. The summed E-state index contributed by atoms with van der Waals surface area (Å²) >= 11 is 0. The van der Waals surface area contributed by atoms with Crippen LogP contribution in [0.2, 0.25) is 0 Å². The Morgan fingerprint density at radius 1 is 1.06 bits per heavy atom. The van der Waals surface area contributed by atoms with Gasteiger partial charge in [-0.1, -0.05) is 12.1 Å². The van der Waals surface area contributed by atoms with Crippen molar-refractivity contribution in [3.63, 3.8) is 0 Å². The van der Waals surface area contributed by atoms with Crippen LogP contribution in [-0.2, 0) is 14.4 Å². The molecule has 0 saturated carbocycles. The number of nitrogens with one attached hydrogen (secondary N) is 1. The third-order valence-electron chi connectivity index (χ3n) is 6.15. The Kier molecular flexibility index (Phi) is 4.85. The molecule has 2 saturated heterocycles. The summed E-state index contributed by atoms with van der Waals surface area (Å²) in [6, 6.07) is 10.2. The average molecular weight is 426 g/mol. The van der Waals surface area contributed by atoms with Crippen LogP contribution in [0.1, 0.15) is 18.5 Å². The Balaban J connectivity index is 1.82. The number of phenols is 1. The summed E-state index contributed by atoms with van der Waals surface area (Å²) in [4.78, 5) is 40.0. The lowest BCUT2D eigenvalue weighted by Gasteiger charge is -2.27. The summed E-state index contributed by atoms with van der Waals surface area (Å²) in [5.74, 6) is -4.05. The monoisotopic (exact) mass is 426 g/mol. The molecule has 9 heteroatoms. The molecule has 4 rings (SSSR count). The molecule has 2 heterocycles. The van der Waals surface area contributed by atoms with Crippen molar-refractivity contribution in [2.75, 3.05) is 19.1 Å². The fraction of sp³-hybridized carbons (Fsp3) is 0.318. The fourth-order valence-electron chi connectivity index (χ4n) is 4.54. The lowest BCUT2D eigenvalue weighted by molar-refractivity contribution is -0.147. The molecule has 0 aliphatic carbocycles. The van der Waals surface area contributed by atoms with E-state index in [0.717, 1.165) is 4.90 Å². The number of carboxylic acids is 1. The molecular weight excluding hydrogens is 404 g/mol. The van der Waals surface area contributed by atoms with Gasteiger partial charge in [-0.2, -0.15) is 0 Å². The molecule has 31 heavy (non-hydrogen) atoms. The number of amides is 2. The molecule has 3 N–H and O–H groups in total. The fourth-order valence-corrected chi connectivity index (χ4v) is 4.54. The SMILES string of the molecule is COc1ccc(N2C(=O)[C@H]3[C@@H](C2=O)[C@@](C)(C(=O)O)N[C@H]3c2cccc(OC)c2O)cc1. The van der Waals surface area contributed by atoms with Crippen molar-refractivity contribution < 1.29 is 34.1 Å². The molecule has 162 valence electrons. The molecule has 9 nitrogen and oxygen atoms in total. The van der Waals surface area contributed by atoms with Gasteiger partial charge in [0.2, 0.25) is 11.8 Å². The number of carbonyl (C=O) groups is 3. The summed E-state index contributed by atoms with van der Waals surface area (Å²) in [5.41, 5.74) is -1.10. The zero-order valence-electron chi connectivity index (χ0n) is 17.2. The highest BCUT2D eigenvalue weighted by Gasteiger charge is 2.67. The highest BCUT2D eigenvalue weighted by molar-refractivity contribution is 6.24. The standard InChI is InChI=1S/C22H22N2O7/c1-22(21(28)29)16-15(17(23-22)13-5-4-6-14(31-3)18(13)25)19(26)24(20(16)27)11-7-9-12(30-2)10-8-11/h4-10,15-17,23,25H,1-3H3,(H,28,29)/t15-,16-,17-,22-/m0/s1. The van der Waals surface area contributed by atoms with Crippen LogP contribution in [0.4, 0.5) is 5.69 Å². The van der Waals surface area contributed by atoms with E-state index in [4.69, 9.17) is 9.47 Å². The van der Waals surface area contributed by atoms with Gasteiger partial charge in [-0.25, -0.2) is 4.90 Å². The van der Waals surface area contributed by atoms with Gasteiger partial charge in [0.15, 0.2) is 11.5 Å². The first-order chi connectivity index (χ1) is 14.7. The van der Waals surface area contributed by atoms with Crippen LogP contribution in [-0.4, -0.2) is 47.8 Å². The second kappa shape index (κ2) is 7.28. The van der Waals surface area contributed by atoms with Crippen molar-refractivity contribution in [3.8, 4) is 17.2 Å². The zero-order chi connectivity index (χ0) is 22.5. The molecule has 4 atom stereocenters. The number of carboxylic acid groups (broad SMARTS) is 1. The van der Waals surface area contributed by atoms with Gasteiger partial charge in [-0.3, -0.25) is 19.7 Å². The number of anilines is 1. The van der Waals surface area contributed by atoms with E-state index in [-0.39, 0.29) is 17.1 Å². The Morgan fingerprint density at radius 2 is 1.74 bits per heavy atom. The van der Waals surface area contributed by atoms with E-state index in [0.29, 0.717) is 11.4 Å². The first-order valence-corrected chi connectivity index (χ1v) is 9.63. The minimum atomic E-state index is -1.71. The largest absolute Gasteiger partial charge is 0.504 e. The first kappa shape index (κ1) is 20.7. The molecule has 0 bridgehead atoms. The van der Waals surface area contributed by atoms with Gasteiger partial charge >= 0.3 is 5.97 Å². The van der Waals surface area contributed by atoms with Gasteiger partial charge in [0.1, 0.15) is 11.3 Å². The number of ether oxygens (including phenoxy) is 2. The van der Waals surface area contributed by atoms with E-state index in [1.54, 1.807) is 42.5 Å². The van der Waals surface area contributed by atoms with E-state index in [2.05, 4.69) is 5.32 Å². The molecule has 0 spiro atoms. The molecule has 0 unspecified atom stereocenters. The first-order valence-electron chi connectivity index (χ1n) is 9.63. The van der Waals surface area contributed by atoms with Gasteiger partial charge in [0.25, 0.3) is 0 Å². The molecule has 2 aromatic rings. The van der Waals surface area contributed by atoms with E-state index < -0.39 is 41.2 Å². The van der Waals surface area contributed by atoms with Crippen molar-refractivity contribution in [3.05, 3.63) is 48.0 Å². The topological polar surface area (TPSA) is 125 Å². The molecule has 2 aliphatic heterocycles. The Morgan fingerprint density at radius 3 is 2.32 bits per heavy atom. The maximum Gasteiger partial charge on any atom is 0.324 e. The van der Waals surface area contributed by atoms with E-state index in [1.807, 2.05) is 0 Å². The molecular formula is C22H22N2O7. The molecule has 2 aliphatic rings. The van der Waals surface area contributed by atoms with Crippen molar-refractivity contribution in [2.45, 2.75) is 18.5 Å². The number of fused-ring (bicyclic) bond motifs is 1. The third kappa shape index (κ3) is 2.92. The number of carbonyl (C=O) groups excluding carboxylic acids is 2. The van der Waals surface area contributed by atoms with Crippen LogP contribution in [0.25, 0.3) is 0 Å².